The zero-order chi connectivity index (χ0) is 18.8. The molecule has 0 fully saturated rings. The molecule has 0 saturated carbocycles. The summed E-state index contributed by atoms with van der Waals surface area (Å²) in [5.41, 5.74) is 0.675. The first-order chi connectivity index (χ1) is 12.4. The van der Waals surface area contributed by atoms with Crippen LogP contribution in [-0.4, -0.2) is 28.0 Å². The van der Waals surface area contributed by atoms with E-state index in [0.29, 0.717) is 32.0 Å². The van der Waals surface area contributed by atoms with Crippen molar-refractivity contribution in [2.24, 2.45) is 7.05 Å². The molecule has 134 valence electrons. The molecule has 3 aromatic rings. The highest BCUT2D eigenvalue weighted by molar-refractivity contribution is 7.17. The normalized spacial score (nSPS) is 10.7. The van der Waals surface area contributed by atoms with Crippen LogP contribution in [0.4, 0.5) is 5.13 Å². The van der Waals surface area contributed by atoms with Crippen LogP contribution in [0.15, 0.2) is 35.3 Å². The maximum atomic E-state index is 12.7. The van der Waals surface area contributed by atoms with Gasteiger partial charge in [0.15, 0.2) is 5.13 Å². The van der Waals surface area contributed by atoms with Crippen molar-refractivity contribution in [2.45, 2.75) is 13.8 Å². The third-order valence-corrected chi connectivity index (χ3v) is 4.87. The lowest BCUT2D eigenvalue weighted by Gasteiger charge is -2.08. The van der Waals surface area contributed by atoms with E-state index in [9.17, 15) is 14.4 Å². The molecule has 26 heavy (non-hydrogen) atoms. The number of aryl methyl sites for hydroxylation is 2. The number of rotatable bonds is 4. The Balaban J connectivity index is 1.96. The fourth-order valence-corrected chi connectivity index (χ4v) is 3.45. The Morgan fingerprint density at radius 1 is 1.27 bits per heavy atom. The van der Waals surface area contributed by atoms with Crippen molar-refractivity contribution >= 4 is 39.1 Å². The molecule has 1 amide bonds. The zero-order valence-corrected chi connectivity index (χ0v) is 15.3. The number of benzene rings is 1. The van der Waals surface area contributed by atoms with E-state index in [1.807, 2.05) is 0 Å². The average Bonchev–Trinajstić information content (AvgIpc) is 2.98. The minimum Gasteiger partial charge on any atom is -0.462 e. The molecule has 0 bridgehead atoms. The van der Waals surface area contributed by atoms with Crippen LogP contribution in [0.3, 0.4) is 0 Å². The Labute approximate surface area is 153 Å². The van der Waals surface area contributed by atoms with Gasteiger partial charge < -0.3 is 9.30 Å². The summed E-state index contributed by atoms with van der Waals surface area (Å²) in [6.45, 7) is 3.67. The number of nitrogens with zero attached hydrogens (tertiary/aromatic N) is 2. The van der Waals surface area contributed by atoms with Gasteiger partial charge in [0.2, 0.25) is 0 Å². The van der Waals surface area contributed by atoms with Crippen molar-refractivity contribution in [2.75, 3.05) is 11.9 Å². The van der Waals surface area contributed by atoms with Crippen molar-refractivity contribution in [3.63, 3.8) is 0 Å². The van der Waals surface area contributed by atoms with Gasteiger partial charge in [-0.2, -0.15) is 0 Å². The number of fused-ring (bicyclic) bond motifs is 1. The van der Waals surface area contributed by atoms with Crippen LogP contribution in [0.25, 0.3) is 10.8 Å². The van der Waals surface area contributed by atoms with Crippen molar-refractivity contribution in [3.05, 3.63) is 57.0 Å². The third kappa shape index (κ3) is 3.23. The van der Waals surface area contributed by atoms with Gasteiger partial charge in [0, 0.05) is 24.0 Å². The second-order valence-electron chi connectivity index (χ2n) is 5.61. The zero-order valence-electron chi connectivity index (χ0n) is 14.5. The highest BCUT2D eigenvalue weighted by atomic mass is 32.1. The van der Waals surface area contributed by atoms with Crippen LogP contribution in [0.2, 0.25) is 0 Å². The molecule has 0 aliphatic carbocycles. The molecule has 0 saturated heterocycles. The van der Waals surface area contributed by atoms with E-state index in [1.54, 1.807) is 45.2 Å². The van der Waals surface area contributed by atoms with Crippen LogP contribution in [-0.2, 0) is 11.8 Å². The van der Waals surface area contributed by atoms with Crippen LogP contribution in [0.1, 0.15) is 32.6 Å². The number of hydrogen-bond acceptors (Lipinski definition) is 6. The van der Waals surface area contributed by atoms with E-state index in [4.69, 9.17) is 4.74 Å². The molecule has 1 aromatic carbocycles. The smallest absolute Gasteiger partial charge is 0.350 e. The van der Waals surface area contributed by atoms with Gasteiger partial charge in [-0.1, -0.05) is 29.5 Å². The molecular weight excluding hydrogens is 354 g/mol. The standard InChI is InChI=1S/C18H17N3O4S/c1-4-25-17(24)14-10(2)19-18(26-14)20-15(22)13-9-21(3)16(23)12-8-6-5-7-11(12)13/h5-9H,4H2,1-3H3,(H,19,20,22). The molecule has 3 rings (SSSR count). The Bertz CT molecular complexity index is 1070. The molecule has 2 heterocycles. The number of anilines is 1. The molecule has 1 N–H and O–H groups in total. The van der Waals surface area contributed by atoms with E-state index in [2.05, 4.69) is 10.3 Å². The Kier molecular flexibility index (Phi) is 4.85. The van der Waals surface area contributed by atoms with Crippen LogP contribution in [0.5, 0.6) is 0 Å². The lowest BCUT2D eigenvalue weighted by Crippen LogP contribution is -2.21. The quantitative estimate of drug-likeness (QED) is 0.712. The summed E-state index contributed by atoms with van der Waals surface area (Å²) < 4.78 is 6.35. The maximum Gasteiger partial charge on any atom is 0.350 e. The fraction of sp³-hybridized carbons (Fsp3) is 0.222. The van der Waals surface area contributed by atoms with Gasteiger partial charge in [0.25, 0.3) is 11.5 Å². The fourth-order valence-electron chi connectivity index (χ4n) is 2.60. The van der Waals surface area contributed by atoms with Crippen LogP contribution in [0, 0.1) is 6.92 Å². The van der Waals surface area contributed by atoms with Gasteiger partial charge in [0.05, 0.1) is 17.9 Å². The second-order valence-corrected chi connectivity index (χ2v) is 6.61. The minimum atomic E-state index is -0.462. The summed E-state index contributed by atoms with van der Waals surface area (Å²) in [5, 5.41) is 4.03. The first kappa shape index (κ1) is 17.8. The predicted molar refractivity (Wildman–Crippen MR) is 99.9 cm³/mol. The van der Waals surface area contributed by atoms with Crippen LogP contribution < -0.4 is 10.9 Å². The number of aromatic nitrogens is 2. The minimum absolute atomic E-state index is 0.174. The first-order valence-corrected chi connectivity index (χ1v) is 8.78. The summed E-state index contributed by atoms with van der Waals surface area (Å²) in [4.78, 5) is 41.4. The van der Waals surface area contributed by atoms with E-state index in [0.717, 1.165) is 11.3 Å². The molecule has 0 aliphatic heterocycles. The number of carbonyl (C=O) groups excluding carboxylic acids is 2. The van der Waals surface area contributed by atoms with E-state index < -0.39 is 11.9 Å². The second kappa shape index (κ2) is 7.09. The van der Waals surface area contributed by atoms with Gasteiger partial charge in [-0.25, -0.2) is 9.78 Å². The Morgan fingerprint density at radius 2 is 1.96 bits per heavy atom. The number of amides is 1. The summed E-state index contributed by atoms with van der Waals surface area (Å²) in [7, 11) is 1.60. The molecule has 8 heteroatoms. The number of ether oxygens (including phenoxy) is 1. The molecular formula is C18H17N3O4S. The number of nitrogens with one attached hydrogen (secondary N) is 1. The third-order valence-electron chi connectivity index (χ3n) is 3.81. The van der Waals surface area contributed by atoms with E-state index in [1.165, 1.54) is 10.8 Å². The van der Waals surface area contributed by atoms with Gasteiger partial charge >= 0.3 is 5.97 Å². The lowest BCUT2D eigenvalue weighted by molar-refractivity contribution is 0.0531. The SMILES string of the molecule is CCOC(=O)c1sc(NC(=O)c2cn(C)c(=O)c3ccccc23)nc1C. The average molecular weight is 371 g/mol. The Morgan fingerprint density at radius 3 is 2.65 bits per heavy atom. The van der Waals surface area contributed by atoms with Gasteiger partial charge in [-0.3, -0.25) is 14.9 Å². The monoisotopic (exact) mass is 371 g/mol. The summed E-state index contributed by atoms with van der Waals surface area (Å²) in [6, 6.07) is 6.93. The predicted octanol–water partition coefficient (Wildman–Crippen LogP) is 2.73. The van der Waals surface area contributed by atoms with Gasteiger partial charge in [0.1, 0.15) is 4.88 Å². The lowest BCUT2D eigenvalue weighted by atomic mass is 10.1. The number of thiazole rings is 1. The molecule has 0 unspecified atom stereocenters. The molecule has 2 aromatic heterocycles. The molecule has 7 nitrogen and oxygen atoms in total. The highest BCUT2D eigenvalue weighted by Gasteiger charge is 2.19. The number of pyridine rings is 1. The van der Waals surface area contributed by atoms with Gasteiger partial charge in [-0.05, 0) is 19.9 Å². The van der Waals surface area contributed by atoms with E-state index in [-0.39, 0.29) is 12.2 Å². The van der Waals surface area contributed by atoms with Crippen molar-refractivity contribution in [3.8, 4) is 0 Å². The van der Waals surface area contributed by atoms with Crippen molar-refractivity contribution < 1.29 is 14.3 Å². The van der Waals surface area contributed by atoms with Crippen molar-refractivity contribution in [1.82, 2.24) is 9.55 Å². The first-order valence-electron chi connectivity index (χ1n) is 7.96. The summed E-state index contributed by atoms with van der Waals surface area (Å²) in [6.07, 6.45) is 1.49. The van der Waals surface area contributed by atoms with E-state index >= 15 is 0 Å². The Hall–Kier alpha value is -3.00. The molecule has 0 spiro atoms. The number of hydrogen-bond donors (Lipinski definition) is 1. The molecule has 0 aliphatic rings. The highest BCUT2D eigenvalue weighted by Crippen LogP contribution is 2.25. The topological polar surface area (TPSA) is 90.3 Å². The summed E-state index contributed by atoms with van der Waals surface area (Å²) >= 11 is 1.06. The number of esters is 1. The largest absolute Gasteiger partial charge is 0.462 e. The number of carbonyl (C=O) groups is 2. The van der Waals surface area contributed by atoms with Crippen LogP contribution >= 0.6 is 11.3 Å². The maximum absolute atomic E-state index is 12.7. The molecule has 0 atom stereocenters. The van der Waals surface area contributed by atoms with Gasteiger partial charge in [-0.15, -0.1) is 0 Å². The molecule has 0 radical (unpaired) electrons. The summed E-state index contributed by atoms with van der Waals surface area (Å²) in [5.74, 6) is -0.864. The van der Waals surface area contributed by atoms with Crippen molar-refractivity contribution in [1.29, 1.82) is 0 Å².